The molecule has 0 radical (unpaired) electrons. The summed E-state index contributed by atoms with van der Waals surface area (Å²) in [4.78, 5) is 14.1. The zero-order valence-corrected chi connectivity index (χ0v) is 17.4. The lowest BCUT2D eigenvalue weighted by atomic mass is 9.85. The zero-order valence-electron chi connectivity index (χ0n) is 17.4. The van der Waals surface area contributed by atoms with Crippen molar-refractivity contribution in [1.29, 1.82) is 0 Å². The molecule has 0 amide bonds. The summed E-state index contributed by atoms with van der Waals surface area (Å²) >= 11 is 0. The molecular weight excluding hydrogens is 390 g/mol. The van der Waals surface area contributed by atoms with E-state index < -0.39 is 12.1 Å². The van der Waals surface area contributed by atoms with Gasteiger partial charge in [0.05, 0.1) is 40.5 Å². The number of hydrogen-bond donors (Lipinski definition) is 1. The molecule has 0 saturated carbocycles. The van der Waals surface area contributed by atoms with Gasteiger partial charge in [-0.15, -0.1) is 0 Å². The number of cyclic esters (lactones) is 1. The van der Waals surface area contributed by atoms with Gasteiger partial charge in [-0.3, -0.25) is 0 Å². The van der Waals surface area contributed by atoms with Crippen LogP contribution in [-0.2, 0) is 11.2 Å². The summed E-state index contributed by atoms with van der Waals surface area (Å²) in [5.74, 6) is 2.43. The zero-order chi connectivity index (χ0) is 21.0. The molecule has 3 aliphatic rings. The molecule has 2 aromatic rings. The van der Waals surface area contributed by atoms with Crippen LogP contribution in [0, 0.1) is 0 Å². The minimum absolute atomic E-state index is 0.165. The van der Waals surface area contributed by atoms with Gasteiger partial charge in [0.2, 0.25) is 12.5 Å². The van der Waals surface area contributed by atoms with E-state index in [-0.39, 0.29) is 12.8 Å². The van der Waals surface area contributed by atoms with Gasteiger partial charge >= 0.3 is 5.97 Å². The summed E-state index contributed by atoms with van der Waals surface area (Å²) in [6.45, 7) is 1.05. The van der Waals surface area contributed by atoms with Crippen LogP contribution in [0.25, 0.3) is 0 Å². The fraction of sp³-hybridized carbons (Fsp3) is 0.409. The smallest absolute Gasteiger partial charge is 0.343 e. The van der Waals surface area contributed by atoms with Crippen molar-refractivity contribution in [2.75, 3.05) is 41.7 Å². The molecule has 0 aliphatic carbocycles. The quantitative estimate of drug-likeness (QED) is 0.759. The van der Waals surface area contributed by atoms with E-state index in [9.17, 15) is 4.79 Å². The topological polar surface area (TPSA) is 76.9 Å². The number of hydrogen-bond acceptors (Lipinski definition) is 7. The van der Waals surface area contributed by atoms with Gasteiger partial charge in [0, 0.05) is 12.0 Å². The van der Waals surface area contributed by atoms with Gasteiger partial charge in [-0.1, -0.05) is 6.07 Å². The molecule has 30 heavy (non-hydrogen) atoms. The molecule has 158 valence electrons. The SMILES string of the molecule is COc1ccc2c(c1OC)C(=O)O[C@@H]2[C@H]1c2c(cc3c(c2OC)OCO3)CC[NH+]1C. The maximum absolute atomic E-state index is 12.9. The standard InChI is InChI=1S/C22H23NO7/c1-23-8-7-11-9-14-20(29-10-28-14)21(27-4)15(11)17(23)18-12-5-6-13(25-2)19(26-3)16(12)22(24)30-18/h5-6,9,17-18H,7-8,10H2,1-4H3/p+1/t17-,18+/m1/s1. The van der Waals surface area contributed by atoms with E-state index in [2.05, 4.69) is 7.05 Å². The second-order valence-corrected chi connectivity index (χ2v) is 7.63. The number of carbonyl (C=O) groups excluding carboxylic acids is 1. The second kappa shape index (κ2) is 6.98. The van der Waals surface area contributed by atoms with E-state index in [0.717, 1.165) is 29.7 Å². The number of likely N-dealkylation sites (N-methyl/N-ethyl adjacent to an activating group) is 1. The predicted octanol–water partition coefficient (Wildman–Crippen LogP) is 1.46. The molecule has 1 unspecified atom stereocenters. The highest BCUT2D eigenvalue weighted by atomic mass is 16.7. The normalized spacial score (nSPS) is 23.5. The maximum atomic E-state index is 12.9. The molecule has 8 heteroatoms. The molecule has 0 bridgehead atoms. The number of carbonyl (C=O) groups is 1. The van der Waals surface area contributed by atoms with Gasteiger partial charge < -0.3 is 33.3 Å². The van der Waals surface area contributed by atoms with E-state index in [1.165, 1.54) is 12.0 Å². The van der Waals surface area contributed by atoms with E-state index in [4.69, 9.17) is 28.4 Å². The van der Waals surface area contributed by atoms with Crippen LogP contribution in [0.15, 0.2) is 18.2 Å². The number of quaternary nitrogens is 1. The van der Waals surface area contributed by atoms with Crippen LogP contribution >= 0.6 is 0 Å². The van der Waals surface area contributed by atoms with E-state index in [0.29, 0.717) is 34.3 Å². The highest BCUT2D eigenvalue weighted by molar-refractivity contribution is 5.98. The second-order valence-electron chi connectivity index (χ2n) is 7.63. The summed E-state index contributed by atoms with van der Waals surface area (Å²) < 4.78 is 33.9. The van der Waals surface area contributed by atoms with Gasteiger partial charge in [-0.05, 0) is 17.7 Å². The molecule has 0 saturated heterocycles. The van der Waals surface area contributed by atoms with E-state index in [1.807, 2.05) is 18.2 Å². The number of fused-ring (bicyclic) bond motifs is 3. The van der Waals surface area contributed by atoms with Gasteiger partial charge in [0.25, 0.3) is 0 Å². The first kappa shape index (κ1) is 18.9. The van der Waals surface area contributed by atoms with Crippen molar-refractivity contribution >= 4 is 5.97 Å². The molecule has 1 N–H and O–H groups in total. The molecule has 0 fully saturated rings. The van der Waals surface area contributed by atoms with Crippen molar-refractivity contribution in [3.8, 4) is 28.7 Å². The molecule has 0 spiro atoms. The van der Waals surface area contributed by atoms with Gasteiger partial charge in [0.15, 0.2) is 35.1 Å². The van der Waals surface area contributed by atoms with Crippen molar-refractivity contribution in [3.63, 3.8) is 0 Å². The Morgan fingerprint density at radius 1 is 1.07 bits per heavy atom. The molecule has 5 rings (SSSR count). The molecule has 8 nitrogen and oxygen atoms in total. The van der Waals surface area contributed by atoms with Crippen LogP contribution in [0.4, 0.5) is 0 Å². The Bertz CT molecular complexity index is 1030. The fourth-order valence-corrected chi connectivity index (χ4v) is 4.85. The molecule has 3 atom stereocenters. The number of rotatable bonds is 4. The van der Waals surface area contributed by atoms with Crippen LogP contribution in [0.3, 0.4) is 0 Å². The van der Waals surface area contributed by atoms with E-state index in [1.54, 1.807) is 14.2 Å². The lowest BCUT2D eigenvalue weighted by Gasteiger charge is -2.35. The Labute approximate surface area is 174 Å². The number of benzene rings is 2. The van der Waals surface area contributed by atoms with Crippen LogP contribution in [0.1, 0.15) is 39.2 Å². The summed E-state index contributed by atoms with van der Waals surface area (Å²) in [7, 11) is 6.80. The number of ether oxygens (including phenoxy) is 6. The summed E-state index contributed by atoms with van der Waals surface area (Å²) in [6.07, 6.45) is 0.380. The molecule has 3 heterocycles. The highest BCUT2D eigenvalue weighted by Crippen LogP contribution is 2.52. The third-order valence-electron chi connectivity index (χ3n) is 6.20. The Kier molecular flexibility index (Phi) is 4.39. The van der Waals surface area contributed by atoms with Crippen LogP contribution in [0.2, 0.25) is 0 Å². The largest absolute Gasteiger partial charge is 0.493 e. The summed E-state index contributed by atoms with van der Waals surface area (Å²) in [5.41, 5.74) is 3.32. The first-order valence-corrected chi connectivity index (χ1v) is 9.86. The monoisotopic (exact) mass is 414 g/mol. The molecular formula is C22H24NO7+. The van der Waals surface area contributed by atoms with Gasteiger partial charge in [0.1, 0.15) is 5.56 Å². The Hall–Kier alpha value is -3.13. The van der Waals surface area contributed by atoms with Crippen molar-refractivity contribution in [1.82, 2.24) is 0 Å². The Morgan fingerprint density at radius 2 is 1.87 bits per heavy atom. The van der Waals surface area contributed by atoms with Crippen molar-refractivity contribution in [3.05, 3.63) is 40.5 Å². The maximum Gasteiger partial charge on any atom is 0.343 e. The number of esters is 1. The minimum Gasteiger partial charge on any atom is -0.493 e. The van der Waals surface area contributed by atoms with Crippen molar-refractivity contribution in [2.45, 2.75) is 18.6 Å². The van der Waals surface area contributed by atoms with Crippen molar-refractivity contribution < 1.29 is 38.1 Å². The average Bonchev–Trinajstić information content (AvgIpc) is 3.35. The third-order valence-corrected chi connectivity index (χ3v) is 6.20. The van der Waals surface area contributed by atoms with Gasteiger partial charge in [-0.25, -0.2) is 4.79 Å². The lowest BCUT2D eigenvalue weighted by Crippen LogP contribution is -3.11. The summed E-state index contributed by atoms with van der Waals surface area (Å²) in [5, 5.41) is 0. The minimum atomic E-state index is -0.486. The Balaban J connectivity index is 1.69. The first-order valence-electron chi connectivity index (χ1n) is 9.86. The van der Waals surface area contributed by atoms with Crippen LogP contribution in [0.5, 0.6) is 28.7 Å². The summed E-state index contributed by atoms with van der Waals surface area (Å²) in [6, 6.07) is 5.54. The average molecular weight is 414 g/mol. The number of methoxy groups -OCH3 is 3. The van der Waals surface area contributed by atoms with Gasteiger partial charge in [-0.2, -0.15) is 0 Å². The lowest BCUT2D eigenvalue weighted by molar-refractivity contribution is -0.919. The predicted molar refractivity (Wildman–Crippen MR) is 105 cm³/mol. The van der Waals surface area contributed by atoms with Crippen LogP contribution < -0.4 is 28.6 Å². The fourth-order valence-electron chi connectivity index (χ4n) is 4.85. The third kappa shape index (κ3) is 2.53. The molecule has 0 aromatic heterocycles. The highest BCUT2D eigenvalue weighted by Gasteiger charge is 2.48. The van der Waals surface area contributed by atoms with E-state index >= 15 is 0 Å². The van der Waals surface area contributed by atoms with Crippen molar-refractivity contribution in [2.24, 2.45) is 0 Å². The molecule has 3 aliphatic heterocycles. The van der Waals surface area contributed by atoms with Crippen LogP contribution in [-0.4, -0.2) is 47.7 Å². The first-order chi connectivity index (χ1) is 14.6. The number of nitrogens with one attached hydrogen (secondary N) is 1. The molecule has 2 aromatic carbocycles. The Morgan fingerprint density at radius 3 is 2.60 bits per heavy atom.